The molecule has 0 saturated carbocycles. The van der Waals surface area contributed by atoms with Crippen LogP contribution >= 0.6 is 11.3 Å². The van der Waals surface area contributed by atoms with Gasteiger partial charge in [0.2, 0.25) is 0 Å². The largest absolute Gasteiger partial charge is 0.361 e. The van der Waals surface area contributed by atoms with Crippen molar-refractivity contribution >= 4 is 16.5 Å². The van der Waals surface area contributed by atoms with Gasteiger partial charge in [-0.1, -0.05) is 12.2 Å². The molecule has 0 aromatic carbocycles. The number of aryl methyl sites for hydroxylation is 1. The Labute approximate surface area is 77.3 Å². The molecule has 0 aliphatic heterocycles. The van der Waals surface area contributed by atoms with Crippen LogP contribution in [0.5, 0.6) is 0 Å². The highest BCUT2D eigenvalue weighted by molar-refractivity contribution is 7.15. The highest BCUT2D eigenvalue weighted by atomic mass is 32.1. The average molecular weight is 182 g/mol. The summed E-state index contributed by atoms with van der Waals surface area (Å²) in [5.41, 5.74) is 0. The Morgan fingerprint density at radius 1 is 1.67 bits per heavy atom. The molecule has 0 bridgehead atoms. The molecule has 0 aliphatic carbocycles. The molecular formula is C9H14N2S. The quantitative estimate of drug-likeness (QED) is 0.572. The topological polar surface area (TPSA) is 24.9 Å². The molecule has 0 radical (unpaired) electrons. The Morgan fingerprint density at radius 3 is 3.08 bits per heavy atom. The summed E-state index contributed by atoms with van der Waals surface area (Å²) in [5, 5.41) is 4.28. The van der Waals surface area contributed by atoms with Crippen molar-refractivity contribution in [3.63, 3.8) is 0 Å². The van der Waals surface area contributed by atoms with Crippen LogP contribution in [0.2, 0.25) is 0 Å². The molecule has 1 rings (SSSR count). The van der Waals surface area contributed by atoms with E-state index < -0.39 is 0 Å². The third kappa shape index (κ3) is 3.05. The summed E-state index contributed by atoms with van der Waals surface area (Å²) in [7, 11) is 0. The Kier molecular flexibility index (Phi) is 3.80. The number of anilines is 1. The average Bonchev–Trinajstić information content (AvgIpc) is 2.45. The molecule has 1 N–H and O–H groups in total. The van der Waals surface area contributed by atoms with E-state index in [1.54, 1.807) is 11.3 Å². The summed E-state index contributed by atoms with van der Waals surface area (Å²) in [6.07, 6.45) is 7.17. The molecule has 1 heterocycles. The maximum atomic E-state index is 4.20. The van der Waals surface area contributed by atoms with E-state index in [-0.39, 0.29) is 0 Å². The molecular weight excluding hydrogens is 168 g/mol. The van der Waals surface area contributed by atoms with Gasteiger partial charge in [-0.3, -0.25) is 0 Å². The smallest absolute Gasteiger partial charge is 0.182 e. The van der Waals surface area contributed by atoms with E-state index in [1.165, 1.54) is 4.88 Å². The van der Waals surface area contributed by atoms with Gasteiger partial charge in [-0.05, 0) is 20.3 Å². The first-order chi connectivity index (χ1) is 5.83. The monoisotopic (exact) mass is 182 g/mol. The molecule has 0 unspecified atom stereocenters. The predicted octanol–water partition coefficient (Wildman–Crippen LogP) is 2.83. The SMILES string of the molecule is C/C=C/CCNc1ncc(C)s1. The van der Waals surface area contributed by atoms with Crippen molar-refractivity contribution in [1.29, 1.82) is 0 Å². The van der Waals surface area contributed by atoms with Crippen molar-refractivity contribution in [1.82, 2.24) is 4.98 Å². The van der Waals surface area contributed by atoms with Gasteiger partial charge in [0.1, 0.15) is 0 Å². The highest BCUT2D eigenvalue weighted by Crippen LogP contribution is 2.15. The second kappa shape index (κ2) is 4.93. The van der Waals surface area contributed by atoms with Crippen molar-refractivity contribution in [2.45, 2.75) is 20.3 Å². The van der Waals surface area contributed by atoms with Crippen molar-refractivity contribution in [2.75, 3.05) is 11.9 Å². The van der Waals surface area contributed by atoms with Crippen LogP contribution in [0.15, 0.2) is 18.3 Å². The summed E-state index contributed by atoms with van der Waals surface area (Å²) < 4.78 is 0. The van der Waals surface area contributed by atoms with E-state index in [9.17, 15) is 0 Å². The molecule has 0 aliphatic rings. The number of thiazole rings is 1. The molecule has 0 spiro atoms. The second-order valence-electron chi connectivity index (χ2n) is 2.56. The molecule has 0 amide bonds. The Bertz CT molecular complexity index is 253. The number of allylic oxidation sites excluding steroid dienone is 1. The summed E-state index contributed by atoms with van der Waals surface area (Å²) in [5.74, 6) is 0. The van der Waals surface area contributed by atoms with Crippen LogP contribution in [-0.4, -0.2) is 11.5 Å². The fourth-order valence-electron chi connectivity index (χ4n) is 0.866. The van der Waals surface area contributed by atoms with E-state index in [1.807, 2.05) is 13.1 Å². The normalized spacial score (nSPS) is 10.8. The first-order valence-corrected chi connectivity index (χ1v) is 4.92. The third-order valence-electron chi connectivity index (χ3n) is 1.44. The van der Waals surface area contributed by atoms with Crippen molar-refractivity contribution in [2.24, 2.45) is 0 Å². The molecule has 1 aromatic rings. The highest BCUT2D eigenvalue weighted by Gasteiger charge is 1.94. The fourth-order valence-corrected chi connectivity index (χ4v) is 1.56. The number of rotatable bonds is 4. The van der Waals surface area contributed by atoms with Gasteiger partial charge in [0.25, 0.3) is 0 Å². The molecule has 1 aromatic heterocycles. The molecule has 0 atom stereocenters. The zero-order chi connectivity index (χ0) is 8.81. The summed E-state index contributed by atoms with van der Waals surface area (Å²) >= 11 is 1.70. The minimum atomic E-state index is 0.970. The molecule has 3 heteroatoms. The van der Waals surface area contributed by atoms with Gasteiger partial charge in [-0.25, -0.2) is 4.98 Å². The van der Waals surface area contributed by atoms with E-state index in [0.717, 1.165) is 18.1 Å². The number of nitrogens with zero attached hydrogens (tertiary/aromatic N) is 1. The number of nitrogens with one attached hydrogen (secondary N) is 1. The Hall–Kier alpha value is -0.830. The van der Waals surface area contributed by atoms with Gasteiger partial charge >= 0.3 is 0 Å². The lowest BCUT2D eigenvalue weighted by atomic mass is 10.4. The second-order valence-corrected chi connectivity index (χ2v) is 3.80. The third-order valence-corrected chi connectivity index (χ3v) is 2.31. The molecule has 66 valence electrons. The summed E-state index contributed by atoms with van der Waals surface area (Å²) in [6.45, 7) is 5.07. The lowest BCUT2D eigenvalue weighted by Gasteiger charge is -1.97. The van der Waals surface area contributed by atoms with Crippen molar-refractivity contribution in [3.05, 3.63) is 23.2 Å². The minimum absolute atomic E-state index is 0.970. The van der Waals surface area contributed by atoms with E-state index in [0.29, 0.717) is 0 Å². The molecule has 12 heavy (non-hydrogen) atoms. The van der Waals surface area contributed by atoms with Gasteiger partial charge in [-0.2, -0.15) is 0 Å². The first kappa shape index (κ1) is 9.26. The predicted molar refractivity (Wildman–Crippen MR) is 54.8 cm³/mol. The number of aromatic nitrogens is 1. The van der Waals surface area contributed by atoms with E-state index in [4.69, 9.17) is 0 Å². The number of hydrogen-bond donors (Lipinski definition) is 1. The van der Waals surface area contributed by atoms with Crippen LogP contribution in [0.1, 0.15) is 18.2 Å². The van der Waals surface area contributed by atoms with Gasteiger partial charge in [0.15, 0.2) is 5.13 Å². The van der Waals surface area contributed by atoms with Crippen LogP contribution in [0.3, 0.4) is 0 Å². The van der Waals surface area contributed by atoms with Crippen LogP contribution in [0.4, 0.5) is 5.13 Å². The Morgan fingerprint density at radius 2 is 2.50 bits per heavy atom. The standard InChI is InChI=1S/C9H14N2S/c1-3-4-5-6-10-9-11-7-8(2)12-9/h3-4,7H,5-6H2,1-2H3,(H,10,11)/b4-3+. The van der Waals surface area contributed by atoms with E-state index >= 15 is 0 Å². The van der Waals surface area contributed by atoms with Crippen LogP contribution in [0, 0.1) is 6.92 Å². The van der Waals surface area contributed by atoms with Crippen LogP contribution in [0.25, 0.3) is 0 Å². The maximum Gasteiger partial charge on any atom is 0.182 e. The van der Waals surface area contributed by atoms with Crippen LogP contribution < -0.4 is 5.32 Å². The van der Waals surface area contributed by atoms with E-state index in [2.05, 4.69) is 29.4 Å². The maximum absolute atomic E-state index is 4.20. The Balaban J connectivity index is 2.24. The first-order valence-electron chi connectivity index (χ1n) is 4.10. The lowest BCUT2D eigenvalue weighted by molar-refractivity contribution is 1.06. The zero-order valence-electron chi connectivity index (χ0n) is 7.50. The minimum Gasteiger partial charge on any atom is -0.361 e. The summed E-state index contributed by atoms with van der Waals surface area (Å²) in [4.78, 5) is 5.45. The van der Waals surface area contributed by atoms with Crippen LogP contribution in [-0.2, 0) is 0 Å². The lowest BCUT2D eigenvalue weighted by Crippen LogP contribution is -1.98. The van der Waals surface area contributed by atoms with Gasteiger partial charge in [0, 0.05) is 17.6 Å². The van der Waals surface area contributed by atoms with Gasteiger partial charge in [0.05, 0.1) is 0 Å². The van der Waals surface area contributed by atoms with Crippen molar-refractivity contribution < 1.29 is 0 Å². The van der Waals surface area contributed by atoms with Gasteiger partial charge in [-0.15, -0.1) is 11.3 Å². The number of hydrogen-bond acceptors (Lipinski definition) is 3. The molecule has 0 saturated heterocycles. The molecule has 0 fully saturated rings. The summed E-state index contributed by atoms with van der Waals surface area (Å²) in [6, 6.07) is 0. The van der Waals surface area contributed by atoms with Gasteiger partial charge < -0.3 is 5.32 Å². The fraction of sp³-hybridized carbons (Fsp3) is 0.444. The van der Waals surface area contributed by atoms with Crippen molar-refractivity contribution in [3.8, 4) is 0 Å². The molecule has 2 nitrogen and oxygen atoms in total. The zero-order valence-corrected chi connectivity index (χ0v) is 8.32.